The van der Waals surface area contributed by atoms with Crippen LogP contribution in [0.3, 0.4) is 0 Å². The van der Waals surface area contributed by atoms with Gasteiger partial charge in [0.15, 0.2) is 17.0 Å². The molecular weight excluding hydrogens is 354 g/mol. The van der Waals surface area contributed by atoms with Gasteiger partial charge < -0.3 is 14.0 Å². The SMILES string of the molecule is Cc1noc(C2CCCN2C(=O)Cn2cnc3c2c(=O)n(C)c(=O)n3C)n1. The van der Waals surface area contributed by atoms with E-state index in [1.165, 1.54) is 29.6 Å². The first-order chi connectivity index (χ1) is 12.9. The first kappa shape index (κ1) is 17.2. The predicted octanol–water partition coefficient (Wildman–Crippen LogP) is -0.511. The van der Waals surface area contributed by atoms with E-state index in [1.807, 2.05) is 0 Å². The molecule has 0 N–H and O–H groups in total. The quantitative estimate of drug-likeness (QED) is 0.606. The molecule has 1 amide bonds. The molecule has 0 aliphatic carbocycles. The van der Waals surface area contributed by atoms with Gasteiger partial charge in [-0.2, -0.15) is 4.98 Å². The van der Waals surface area contributed by atoms with E-state index in [0.29, 0.717) is 18.3 Å². The van der Waals surface area contributed by atoms with Gasteiger partial charge in [-0.25, -0.2) is 9.78 Å². The summed E-state index contributed by atoms with van der Waals surface area (Å²) >= 11 is 0. The molecule has 3 aromatic heterocycles. The van der Waals surface area contributed by atoms with E-state index in [2.05, 4.69) is 15.1 Å². The van der Waals surface area contributed by atoms with Gasteiger partial charge in [-0.1, -0.05) is 5.16 Å². The molecule has 142 valence electrons. The molecule has 1 aliphatic rings. The molecule has 11 nitrogen and oxygen atoms in total. The molecule has 1 unspecified atom stereocenters. The maximum Gasteiger partial charge on any atom is 0.332 e. The van der Waals surface area contributed by atoms with Gasteiger partial charge in [0.1, 0.15) is 12.6 Å². The summed E-state index contributed by atoms with van der Waals surface area (Å²) in [6.45, 7) is 2.24. The van der Waals surface area contributed by atoms with Crippen molar-refractivity contribution in [2.75, 3.05) is 6.54 Å². The molecule has 0 saturated carbocycles. The topological polar surface area (TPSA) is 121 Å². The van der Waals surface area contributed by atoms with Crippen LogP contribution in [-0.4, -0.2) is 46.2 Å². The van der Waals surface area contributed by atoms with Crippen molar-refractivity contribution < 1.29 is 9.32 Å². The molecule has 0 spiro atoms. The van der Waals surface area contributed by atoms with Crippen LogP contribution in [0.25, 0.3) is 11.2 Å². The Morgan fingerprint density at radius 2 is 2.07 bits per heavy atom. The van der Waals surface area contributed by atoms with Crippen molar-refractivity contribution >= 4 is 17.1 Å². The summed E-state index contributed by atoms with van der Waals surface area (Å²) in [4.78, 5) is 47.5. The second-order valence-electron chi connectivity index (χ2n) is 6.68. The van der Waals surface area contributed by atoms with Gasteiger partial charge in [0.05, 0.1) is 6.33 Å². The van der Waals surface area contributed by atoms with Gasteiger partial charge in [0.2, 0.25) is 11.8 Å². The number of likely N-dealkylation sites (tertiary alicyclic amines) is 1. The van der Waals surface area contributed by atoms with Crippen LogP contribution < -0.4 is 11.2 Å². The molecule has 4 rings (SSSR count). The fourth-order valence-electron chi connectivity index (χ4n) is 3.52. The Kier molecular flexibility index (Phi) is 3.93. The fourth-order valence-corrected chi connectivity index (χ4v) is 3.52. The Bertz CT molecular complexity index is 1150. The highest BCUT2D eigenvalue weighted by atomic mass is 16.5. The highest BCUT2D eigenvalue weighted by Gasteiger charge is 2.34. The molecule has 4 heterocycles. The highest BCUT2D eigenvalue weighted by molar-refractivity contribution is 5.79. The third-order valence-electron chi connectivity index (χ3n) is 4.92. The number of nitrogens with zero attached hydrogens (tertiary/aromatic N) is 7. The number of hydrogen-bond donors (Lipinski definition) is 0. The Balaban J connectivity index is 1.67. The standard InChI is InChI=1S/C16H19N7O4/c1-9-18-14(27-19-9)10-5-4-6-23(10)11(24)7-22-8-17-13-12(22)15(25)21(3)16(26)20(13)2/h8,10H,4-7H2,1-3H3. The molecule has 3 aromatic rings. The fraction of sp³-hybridized carbons (Fsp3) is 0.500. The summed E-state index contributed by atoms with van der Waals surface area (Å²) < 4.78 is 9.01. The van der Waals surface area contributed by atoms with Crippen molar-refractivity contribution in [1.29, 1.82) is 0 Å². The molecule has 1 saturated heterocycles. The normalized spacial score (nSPS) is 17.1. The van der Waals surface area contributed by atoms with Gasteiger partial charge in [0, 0.05) is 20.6 Å². The van der Waals surface area contributed by atoms with Crippen molar-refractivity contribution in [3.05, 3.63) is 38.9 Å². The van der Waals surface area contributed by atoms with Crippen LogP contribution in [0.4, 0.5) is 0 Å². The van der Waals surface area contributed by atoms with Crippen molar-refractivity contribution in [1.82, 2.24) is 33.7 Å². The van der Waals surface area contributed by atoms with Gasteiger partial charge >= 0.3 is 5.69 Å². The third-order valence-corrected chi connectivity index (χ3v) is 4.92. The van der Waals surface area contributed by atoms with Gasteiger partial charge in [-0.05, 0) is 19.8 Å². The van der Waals surface area contributed by atoms with Gasteiger partial charge in [-0.15, -0.1) is 0 Å². The average molecular weight is 373 g/mol. The van der Waals surface area contributed by atoms with Crippen LogP contribution in [0, 0.1) is 6.92 Å². The summed E-state index contributed by atoms with van der Waals surface area (Å²) in [6.07, 6.45) is 2.98. The maximum atomic E-state index is 12.9. The van der Waals surface area contributed by atoms with E-state index in [-0.39, 0.29) is 29.7 Å². The minimum atomic E-state index is -0.483. The van der Waals surface area contributed by atoms with Crippen molar-refractivity contribution in [3.63, 3.8) is 0 Å². The molecule has 0 aromatic carbocycles. The molecule has 11 heteroatoms. The molecule has 1 atom stereocenters. The Morgan fingerprint density at radius 1 is 1.30 bits per heavy atom. The van der Waals surface area contributed by atoms with Crippen LogP contribution in [0.2, 0.25) is 0 Å². The highest BCUT2D eigenvalue weighted by Crippen LogP contribution is 2.31. The Morgan fingerprint density at radius 3 is 2.78 bits per heavy atom. The predicted molar refractivity (Wildman–Crippen MR) is 92.9 cm³/mol. The minimum absolute atomic E-state index is 0.0619. The zero-order valence-electron chi connectivity index (χ0n) is 15.2. The van der Waals surface area contributed by atoms with Crippen molar-refractivity contribution in [2.24, 2.45) is 14.1 Å². The number of aromatic nitrogens is 6. The summed E-state index contributed by atoms with van der Waals surface area (Å²) in [7, 11) is 2.94. The van der Waals surface area contributed by atoms with Crippen LogP contribution in [-0.2, 0) is 25.4 Å². The van der Waals surface area contributed by atoms with E-state index in [0.717, 1.165) is 17.4 Å². The van der Waals surface area contributed by atoms with Gasteiger partial charge in [0.25, 0.3) is 5.56 Å². The summed E-state index contributed by atoms with van der Waals surface area (Å²) in [5.74, 6) is 0.769. The zero-order valence-corrected chi connectivity index (χ0v) is 15.2. The zero-order chi connectivity index (χ0) is 19.3. The lowest BCUT2D eigenvalue weighted by atomic mass is 10.2. The number of carbonyl (C=O) groups is 1. The maximum absolute atomic E-state index is 12.9. The lowest BCUT2D eigenvalue weighted by molar-refractivity contribution is -0.133. The number of rotatable bonds is 3. The van der Waals surface area contributed by atoms with Crippen LogP contribution in [0.1, 0.15) is 30.6 Å². The van der Waals surface area contributed by atoms with E-state index >= 15 is 0 Å². The van der Waals surface area contributed by atoms with E-state index in [4.69, 9.17) is 4.52 Å². The summed E-state index contributed by atoms with van der Waals surface area (Å²) in [5, 5.41) is 3.80. The van der Waals surface area contributed by atoms with E-state index < -0.39 is 11.2 Å². The molecule has 1 fully saturated rings. The summed E-state index contributed by atoms with van der Waals surface area (Å²) in [6, 6.07) is -0.263. The number of carbonyl (C=O) groups excluding carboxylic acids is 1. The largest absolute Gasteiger partial charge is 0.337 e. The second-order valence-corrected chi connectivity index (χ2v) is 6.68. The third kappa shape index (κ3) is 2.66. The first-order valence-corrected chi connectivity index (χ1v) is 8.59. The molecule has 0 radical (unpaired) electrons. The van der Waals surface area contributed by atoms with E-state index in [1.54, 1.807) is 11.8 Å². The first-order valence-electron chi connectivity index (χ1n) is 8.59. The lowest BCUT2D eigenvalue weighted by Gasteiger charge is -2.22. The molecular formula is C16H19N7O4. The number of aryl methyl sites for hydroxylation is 2. The molecule has 27 heavy (non-hydrogen) atoms. The molecule has 1 aliphatic heterocycles. The van der Waals surface area contributed by atoms with Crippen LogP contribution in [0.15, 0.2) is 20.4 Å². The Hall–Kier alpha value is -3.24. The minimum Gasteiger partial charge on any atom is -0.337 e. The number of amides is 1. The lowest BCUT2D eigenvalue weighted by Crippen LogP contribution is -2.38. The second kappa shape index (κ2) is 6.18. The Labute approximate surface area is 152 Å². The van der Waals surface area contributed by atoms with E-state index in [9.17, 15) is 14.4 Å². The average Bonchev–Trinajstić information content (AvgIpc) is 3.37. The van der Waals surface area contributed by atoms with Crippen LogP contribution in [0.5, 0.6) is 0 Å². The van der Waals surface area contributed by atoms with Crippen LogP contribution >= 0.6 is 0 Å². The monoisotopic (exact) mass is 373 g/mol. The smallest absolute Gasteiger partial charge is 0.332 e. The number of hydrogen-bond acceptors (Lipinski definition) is 7. The number of fused-ring (bicyclic) bond motifs is 1. The van der Waals surface area contributed by atoms with Crippen molar-refractivity contribution in [2.45, 2.75) is 32.4 Å². The summed E-state index contributed by atoms with van der Waals surface area (Å²) in [5.41, 5.74) is -0.474. The van der Waals surface area contributed by atoms with Gasteiger partial charge in [-0.3, -0.25) is 18.7 Å². The molecule has 0 bridgehead atoms. The van der Waals surface area contributed by atoms with Crippen molar-refractivity contribution in [3.8, 4) is 0 Å². The number of imidazole rings is 1.